The number of carbonyl (C=O) groups excluding carboxylic acids is 6. The molecule has 3 aromatic rings. The SMILES string of the molecule is CSCC[C@H](N)C(=O)N[C@H]1CC(=O)NC[C@@H](C(=O)N[C@@H](CC(C)C)C(=O)O)NC(=O)[C@H](Cc2ccccc2)NC(=O)[C@H](Cc2c[nH]c3ccccc23)NC1=O. The maximum atomic E-state index is 14.2. The molecular weight excluding hydrogens is 729 g/mol. The molecule has 0 saturated carbocycles. The Balaban J connectivity index is 1.73. The van der Waals surface area contributed by atoms with Gasteiger partial charge in [0.2, 0.25) is 35.4 Å². The van der Waals surface area contributed by atoms with Crippen molar-refractivity contribution in [3.05, 3.63) is 71.9 Å². The van der Waals surface area contributed by atoms with Gasteiger partial charge in [-0.2, -0.15) is 11.8 Å². The molecule has 0 unspecified atom stereocenters. The van der Waals surface area contributed by atoms with E-state index in [1.807, 2.05) is 30.5 Å². The number of hydrogen-bond donors (Lipinski definition) is 9. The van der Waals surface area contributed by atoms with Gasteiger partial charge in [-0.25, -0.2) is 4.79 Å². The van der Waals surface area contributed by atoms with Crippen molar-refractivity contribution in [1.29, 1.82) is 0 Å². The molecular formula is C38H50N8O8S. The second-order valence-electron chi connectivity index (χ2n) is 13.9. The van der Waals surface area contributed by atoms with E-state index in [1.54, 1.807) is 50.4 Å². The van der Waals surface area contributed by atoms with E-state index >= 15 is 0 Å². The number of H-pyrrole nitrogens is 1. The van der Waals surface area contributed by atoms with Gasteiger partial charge < -0.3 is 47.7 Å². The minimum Gasteiger partial charge on any atom is -0.480 e. The Hall–Kier alpha value is -5.42. The molecule has 1 aliphatic heterocycles. The van der Waals surface area contributed by atoms with Crippen LogP contribution in [0.25, 0.3) is 10.9 Å². The molecule has 4 rings (SSSR count). The summed E-state index contributed by atoms with van der Waals surface area (Å²) in [5.41, 5.74) is 8.21. The second kappa shape index (κ2) is 20.3. The molecule has 6 atom stereocenters. The number of nitrogens with one attached hydrogen (secondary N) is 7. The highest BCUT2D eigenvalue weighted by Gasteiger charge is 2.35. The van der Waals surface area contributed by atoms with Crippen molar-refractivity contribution < 1.29 is 38.7 Å². The van der Waals surface area contributed by atoms with Crippen molar-refractivity contribution >= 4 is 64.1 Å². The van der Waals surface area contributed by atoms with Gasteiger partial charge in [0.25, 0.3) is 0 Å². The average Bonchev–Trinajstić information content (AvgIpc) is 3.56. The Bertz CT molecular complexity index is 1840. The molecule has 55 heavy (non-hydrogen) atoms. The maximum absolute atomic E-state index is 14.2. The van der Waals surface area contributed by atoms with Gasteiger partial charge in [-0.1, -0.05) is 62.4 Å². The quantitative estimate of drug-likeness (QED) is 0.107. The number of para-hydroxylation sites is 1. The van der Waals surface area contributed by atoms with Crippen molar-refractivity contribution in [2.45, 2.75) is 82.2 Å². The zero-order chi connectivity index (χ0) is 40.1. The van der Waals surface area contributed by atoms with E-state index < -0.39 is 90.6 Å². The molecule has 1 aliphatic rings. The number of thioether (sulfide) groups is 1. The van der Waals surface area contributed by atoms with Crippen LogP contribution in [0.3, 0.4) is 0 Å². The lowest BCUT2D eigenvalue weighted by Crippen LogP contribution is -2.62. The highest BCUT2D eigenvalue weighted by Crippen LogP contribution is 2.20. The molecule has 2 aromatic carbocycles. The molecule has 0 aliphatic carbocycles. The van der Waals surface area contributed by atoms with Crippen LogP contribution in [0.5, 0.6) is 0 Å². The first-order chi connectivity index (χ1) is 26.2. The summed E-state index contributed by atoms with van der Waals surface area (Å²) in [5, 5.41) is 26.2. The Morgan fingerprint density at radius 2 is 1.56 bits per heavy atom. The maximum Gasteiger partial charge on any atom is 0.326 e. The smallest absolute Gasteiger partial charge is 0.326 e. The third kappa shape index (κ3) is 12.6. The van der Waals surface area contributed by atoms with E-state index in [0.717, 1.165) is 10.9 Å². The molecule has 0 spiro atoms. The number of carboxylic acids is 1. The summed E-state index contributed by atoms with van der Waals surface area (Å²) < 4.78 is 0. The van der Waals surface area contributed by atoms with Crippen molar-refractivity contribution in [2.75, 3.05) is 18.6 Å². The molecule has 2 heterocycles. The fourth-order valence-corrected chi connectivity index (χ4v) is 6.61. The lowest BCUT2D eigenvalue weighted by atomic mass is 10.0. The normalized spacial score (nSPS) is 21.0. The number of aromatic nitrogens is 1. The predicted molar refractivity (Wildman–Crippen MR) is 207 cm³/mol. The van der Waals surface area contributed by atoms with Gasteiger partial charge in [0.05, 0.1) is 12.5 Å². The van der Waals surface area contributed by atoms with Crippen LogP contribution in [0.2, 0.25) is 0 Å². The first-order valence-corrected chi connectivity index (χ1v) is 19.5. The van der Waals surface area contributed by atoms with Crippen LogP contribution < -0.4 is 37.6 Å². The number of carboxylic acid groups (broad SMARTS) is 1. The van der Waals surface area contributed by atoms with Crippen LogP contribution in [-0.2, 0) is 46.4 Å². The van der Waals surface area contributed by atoms with Gasteiger partial charge >= 0.3 is 5.97 Å². The number of aliphatic carboxylic acids is 1. The van der Waals surface area contributed by atoms with Crippen LogP contribution in [-0.4, -0.2) is 106 Å². The van der Waals surface area contributed by atoms with Crippen LogP contribution in [0.4, 0.5) is 0 Å². The monoisotopic (exact) mass is 778 g/mol. The molecule has 16 nitrogen and oxygen atoms in total. The highest BCUT2D eigenvalue weighted by atomic mass is 32.2. The van der Waals surface area contributed by atoms with Crippen LogP contribution in [0, 0.1) is 5.92 Å². The predicted octanol–water partition coefficient (Wildman–Crippen LogP) is 0.108. The molecule has 10 N–H and O–H groups in total. The first-order valence-electron chi connectivity index (χ1n) is 18.1. The fourth-order valence-electron chi connectivity index (χ4n) is 6.12. The molecule has 0 bridgehead atoms. The van der Waals surface area contributed by atoms with Crippen LogP contribution in [0.1, 0.15) is 44.2 Å². The van der Waals surface area contributed by atoms with E-state index in [1.165, 1.54) is 11.8 Å². The summed E-state index contributed by atoms with van der Waals surface area (Å²) >= 11 is 1.48. The van der Waals surface area contributed by atoms with Crippen molar-refractivity contribution in [3.8, 4) is 0 Å². The van der Waals surface area contributed by atoms with Crippen LogP contribution in [0.15, 0.2) is 60.8 Å². The van der Waals surface area contributed by atoms with Crippen molar-refractivity contribution in [3.63, 3.8) is 0 Å². The first kappa shape index (κ1) is 42.3. The third-order valence-corrected chi connectivity index (χ3v) is 9.74. The summed E-state index contributed by atoms with van der Waals surface area (Å²) in [4.78, 5) is 97.6. The molecule has 1 saturated heterocycles. The van der Waals surface area contributed by atoms with Gasteiger partial charge in [0.15, 0.2) is 0 Å². The summed E-state index contributed by atoms with van der Waals surface area (Å²) in [5.74, 6) is -5.56. The third-order valence-electron chi connectivity index (χ3n) is 9.10. The summed E-state index contributed by atoms with van der Waals surface area (Å²) in [6.07, 6.45) is 3.27. The van der Waals surface area contributed by atoms with Gasteiger partial charge in [0.1, 0.15) is 30.2 Å². The van der Waals surface area contributed by atoms with E-state index in [0.29, 0.717) is 23.3 Å². The van der Waals surface area contributed by atoms with Gasteiger partial charge in [-0.3, -0.25) is 28.8 Å². The molecule has 6 amide bonds. The summed E-state index contributed by atoms with van der Waals surface area (Å²) in [6, 6.07) is 8.30. The van der Waals surface area contributed by atoms with Gasteiger partial charge in [-0.05, 0) is 48.0 Å². The Labute approximate surface area is 323 Å². The summed E-state index contributed by atoms with van der Waals surface area (Å²) in [7, 11) is 0. The Morgan fingerprint density at radius 1 is 0.909 bits per heavy atom. The molecule has 17 heteroatoms. The minimum absolute atomic E-state index is 0.0232. The van der Waals surface area contributed by atoms with Gasteiger partial charge in [-0.15, -0.1) is 0 Å². The van der Waals surface area contributed by atoms with Gasteiger partial charge in [0, 0.05) is 36.5 Å². The average molecular weight is 779 g/mol. The fraction of sp³-hybridized carbons (Fsp3) is 0.447. The Kier molecular flexibility index (Phi) is 15.6. The summed E-state index contributed by atoms with van der Waals surface area (Å²) in [6.45, 7) is 3.07. The number of fused-ring (bicyclic) bond motifs is 1. The van der Waals surface area contributed by atoms with Crippen molar-refractivity contribution in [1.82, 2.24) is 36.9 Å². The molecule has 1 fully saturated rings. The number of aromatic amines is 1. The lowest BCUT2D eigenvalue weighted by Gasteiger charge is -2.28. The number of nitrogens with two attached hydrogens (primary N) is 1. The van der Waals surface area contributed by atoms with E-state index in [4.69, 9.17) is 5.73 Å². The number of hydrogen-bond acceptors (Lipinski definition) is 9. The minimum atomic E-state index is -1.49. The largest absolute Gasteiger partial charge is 0.480 e. The topological polar surface area (TPSA) is 254 Å². The molecule has 0 radical (unpaired) electrons. The number of carbonyl (C=O) groups is 7. The van der Waals surface area contributed by atoms with Crippen LogP contribution >= 0.6 is 11.8 Å². The highest BCUT2D eigenvalue weighted by molar-refractivity contribution is 7.98. The Morgan fingerprint density at radius 3 is 2.25 bits per heavy atom. The van der Waals surface area contributed by atoms with Crippen molar-refractivity contribution in [2.24, 2.45) is 11.7 Å². The lowest BCUT2D eigenvalue weighted by molar-refractivity contribution is -0.143. The standard InChI is InChI=1S/C38H50N8O8S/c1-21(2)15-30(38(53)54)45-37(52)31-20-41-32(47)18-29(42-33(48)25(39)13-14-55-3)36(51)44-28(17-23-19-40-26-12-8-7-11-24(23)26)35(50)43-27(34(49)46-31)16-22-9-5-4-6-10-22/h4-12,19,21,25,27-31,40H,13-18,20,39H2,1-3H3,(H,41,47)(H,42,48)(H,43,50)(H,44,51)(H,45,52)(H,46,49)(H,53,54)/t25-,27-,28-,29-,30-,31-/m0/s1. The zero-order valence-electron chi connectivity index (χ0n) is 31.1. The van der Waals surface area contributed by atoms with E-state index in [-0.39, 0.29) is 25.2 Å². The van der Waals surface area contributed by atoms with E-state index in [2.05, 4.69) is 36.9 Å². The zero-order valence-corrected chi connectivity index (χ0v) is 31.9. The molecule has 1 aromatic heterocycles. The second-order valence-corrected chi connectivity index (χ2v) is 14.9. The number of amides is 6. The molecule has 296 valence electrons. The number of rotatable bonds is 14. The number of benzene rings is 2. The van der Waals surface area contributed by atoms with E-state index in [9.17, 15) is 38.7 Å².